The first-order valence-corrected chi connectivity index (χ1v) is 4.38. The first-order valence-electron chi connectivity index (χ1n) is 4.38. The summed E-state index contributed by atoms with van der Waals surface area (Å²) in [7, 11) is 0. The fraction of sp³-hybridized carbons (Fsp3) is 1.00. The van der Waals surface area contributed by atoms with E-state index in [1.54, 1.807) is 19.3 Å². The second-order valence-electron chi connectivity index (χ2n) is 3.91. The average molecular weight is 124 g/mol. The zero-order valence-electron chi connectivity index (χ0n) is 6.27. The van der Waals surface area contributed by atoms with Gasteiger partial charge in [-0.05, 0) is 30.6 Å². The molecular weight excluding hydrogens is 108 g/mol. The zero-order valence-corrected chi connectivity index (χ0v) is 6.27. The second-order valence-corrected chi connectivity index (χ2v) is 3.91. The van der Waals surface area contributed by atoms with Gasteiger partial charge in [-0.1, -0.05) is 26.2 Å². The van der Waals surface area contributed by atoms with Crippen molar-refractivity contribution in [3.05, 3.63) is 0 Å². The van der Waals surface area contributed by atoms with Gasteiger partial charge in [0.1, 0.15) is 0 Å². The summed E-state index contributed by atoms with van der Waals surface area (Å²) in [5, 5.41) is 0. The molecule has 0 aliphatic heterocycles. The number of rotatable bonds is 0. The maximum atomic E-state index is 2.44. The van der Waals surface area contributed by atoms with E-state index in [-0.39, 0.29) is 0 Å². The maximum Gasteiger partial charge on any atom is -0.0360 e. The summed E-state index contributed by atoms with van der Waals surface area (Å²) in [4.78, 5) is 0. The summed E-state index contributed by atoms with van der Waals surface area (Å²) in [6, 6.07) is 0. The molecule has 0 nitrogen and oxygen atoms in total. The van der Waals surface area contributed by atoms with E-state index in [9.17, 15) is 0 Å². The van der Waals surface area contributed by atoms with Gasteiger partial charge >= 0.3 is 0 Å². The van der Waals surface area contributed by atoms with Gasteiger partial charge in [0.05, 0.1) is 0 Å². The molecular formula is C9H16. The monoisotopic (exact) mass is 124 g/mol. The molecule has 0 amide bonds. The lowest BCUT2D eigenvalue weighted by Crippen LogP contribution is -2.04. The van der Waals surface area contributed by atoms with Crippen molar-refractivity contribution >= 4 is 0 Å². The topological polar surface area (TPSA) is 0 Å². The highest BCUT2D eigenvalue weighted by molar-refractivity contribution is 4.86. The Morgan fingerprint density at radius 1 is 1.00 bits per heavy atom. The number of hydrogen-bond acceptors (Lipinski definition) is 0. The van der Waals surface area contributed by atoms with Crippen molar-refractivity contribution in [2.75, 3.05) is 0 Å². The van der Waals surface area contributed by atoms with Gasteiger partial charge < -0.3 is 0 Å². The molecule has 9 heavy (non-hydrogen) atoms. The Balaban J connectivity index is 2.07. The van der Waals surface area contributed by atoms with E-state index in [1.165, 1.54) is 12.8 Å². The lowest BCUT2D eigenvalue weighted by atomic mass is 9.94. The van der Waals surface area contributed by atoms with Crippen LogP contribution in [0.1, 0.15) is 39.0 Å². The molecule has 0 heteroatoms. The fourth-order valence-corrected chi connectivity index (χ4v) is 2.86. The first kappa shape index (κ1) is 5.76. The van der Waals surface area contributed by atoms with Crippen molar-refractivity contribution in [3.8, 4) is 0 Å². The molecule has 2 rings (SSSR count). The minimum atomic E-state index is 1.07. The minimum absolute atomic E-state index is 1.07. The molecule has 2 aliphatic carbocycles. The first-order chi connectivity index (χ1) is 4.38. The van der Waals surface area contributed by atoms with Crippen molar-refractivity contribution in [3.63, 3.8) is 0 Å². The van der Waals surface area contributed by atoms with Crippen molar-refractivity contribution < 1.29 is 0 Å². The minimum Gasteiger partial charge on any atom is -0.0622 e. The van der Waals surface area contributed by atoms with Crippen molar-refractivity contribution in [1.29, 1.82) is 0 Å². The van der Waals surface area contributed by atoms with E-state index in [0.717, 1.165) is 17.8 Å². The summed E-state index contributed by atoms with van der Waals surface area (Å²) >= 11 is 0. The van der Waals surface area contributed by atoms with Gasteiger partial charge in [-0.25, -0.2) is 0 Å². The molecule has 0 aromatic carbocycles. The molecule has 0 aromatic heterocycles. The highest BCUT2D eigenvalue weighted by Crippen LogP contribution is 2.46. The van der Waals surface area contributed by atoms with Crippen LogP contribution in [0.25, 0.3) is 0 Å². The van der Waals surface area contributed by atoms with Crippen LogP contribution >= 0.6 is 0 Å². The Labute approximate surface area is 57.6 Å². The van der Waals surface area contributed by atoms with Crippen molar-refractivity contribution in [2.24, 2.45) is 17.8 Å². The van der Waals surface area contributed by atoms with E-state index in [4.69, 9.17) is 0 Å². The smallest absolute Gasteiger partial charge is 0.0360 e. The zero-order chi connectivity index (χ0) is 6.27. The lowest BCUT2D eigenvalue weighted by Gasteiger charge is -2.11. The van der Waals surface area contributed by atoms with Crippen molar-refractivity contribution in [2.45, 2.75) is 39.0 Å². The van der Waals surface area contributed by atoms with E-state index in [0.29, 0.717) is 0 Å². The van der Waals surface area contributed by atoms with Crippen LogP contribution in [-0.2, 0) is 0 Å². The highest BCUT2D eigenvalue weighted by Gasteiger charge is 2.36. The van der Waals surface area contributed by atoms with Crippen LogP contribution in [0, 0.1) is 17.8 Å². The maximum absolute atomic E-state index is 2.44. The lowest BCUT2D eigenvalue weighted by molar-refractivity contribution is 0.376. The predicted octanol–water partition coefficient (Wildman–Crippen LogP) is 2.83. The number of fused-ring (bicyclic) bond motifs is 1. The van der Waals surface area contributed by atoms with Crippen molar-refractivity contribution in [1.82, 2.24) is 0 Å². The normalized spacial score (nSPS) is 49.7. The van der Waals surface area contributed by atoms with Gasteiger partial charge in [0.15, 0.2) is 0 Å². The van der Waals surface area contributed by atoms with Gasteiger partial charge in [0, 0.05) is 0 Å². The molecule has 1 unspecified atom stereocenters. The second kappa shape index (κ2) is 2.00. The van der Waals surface area contributed by atoms with Crippen LogP contribution in [-0.4, -0.2) is 0 Å². The summed E-state index contributed by atoms with van der Waals surface area (Å²) in [5.74, 6) is 3.36. The van der Waals surface area contributed by atoms with Crippen LogP contribution in [0.4, 0.5) is 0 Å². The standard InChI is InChI=1S/C9H16/c1-7-5-6-8-3-2-4-9(7)8/h7-9H,2-6H2,1H3/t7-,8+,9?/m1/s1. The third kappa shape index (κ3) is 0.798. The highest BCUT2D eigenvalue weighted by atomic mass is 14.4. The molecule has 3 atom stereocenters. The molecule has 2 aliphatic rings. The molecule has 52 valence electrons. The van der Waals surface area contributed by atoms with Gasteiger partial charge in [0.25, 0.3) is 0 Å². The van der Waals surface area contributed by atoms with Gasteiger partial charge in [-0.15, -0.1) is 0 Å². The summed E-state index contributed by atoms with van der Waals surface area (Å²) in [6.45, 7) is 2.44. The van der Waals surface area contributed by atoms with Crippen LogP contribution in [0.2, 0.25) is 0 Å². The quantitative estimate of drug-likeness (QED) is 0.466. The molecule has 0 saturated heterocycles. The molecule has 0 aromatic rings. The van der Waals surface area contributed by atoms with Gasteiger partial charge in [0.2, 0.25) is 0 Å². The molecule has 0 heterocycles. The Bertz CT molecular complexity index is 107. The Kier molecular flexibility index (Phi) is 1.28. The van der Waals surface area contributed by atoms with E-state index < -0.39 is 0 Å². The Morgan fingerprint density at radius 2 is 1.89 bits per heavy atom. The molecule has 0 bridgehead atoms. The average Bonchev–Trinajstić information content (AvgIpc) is 2.35. The van der Waals surface area contributed by atoms with Gasteiger partial charge in [-0.2, -0.15) is 0 Å². The van der Waals surface area contributed by atoms with Crippen LogP contribution < -0.4 is 0 Å². The number of hydrogen-bond donors (Lipinski definition) is 0. The van der Waals surface area contributed by atoms with E-state index >= 15 is 0 Å². The molecule has 0 N–H and O–H groups in total. The van der Waals surface area contributed by atoms with E-state index in [1.807, 2.05) is 0 Å². The SMILES string of the molecule is C[C@@H]1CC[C@@H]2CCCC21. The fourth-order valence-electron chi connectivity index (χ4n) is 2.86. The van der Waals surface area contributed by atoms with Crippen LogP contribution in [0.15, 0.2) is 0 Å². The Hall–Kier alpha value is 0. The molecule has 0 radical (unpaired) electrons. The van der Waals surface area contributed by atoms with Gasteiger partial charge in [-0.3, -0.25) is 0 Å². The predicted molar refractivity (Wildman–Crippen MR) is 39.2 cm³/mol. The van der Waals surface area contributed by atoms with E-state index in [2.05, 4.69) is 6.92 Å². The molecule has 0 spiro atoms. The largest absolute Gasteiger partial charge is 0.0622 e. The third-order valence-corrected chi connectivity index (χ3v) is 3.44. The Morgan fingerprint density at radius 3 is 2.67 bits per heavy atom. The molecule has 2 saturated carbocycles. The van der Waals surface area contributed by atoms with Crippen LogP contribution in [0.3, 0.4) is 0 Å². The summed E-state index contributed by atoms with van der Waals surface area (Å²) in [6.07, 6.45) is 7.70. The summed E-state index contributed by atoms with van der Waals surface area (Å²) in [5.41, 5.74) is 0. The van der Waals surface area contributed by atoms with Crippen LogP contribution in [0.5, 0.6) is 0 Å². The third-order valence-electron chi connectivity index (χ3n) is 3.44. The summed E-state index contributed by atoms with van der Waals surface area (Å²) < 4.78 is 0. The molecule has 2 fully saturated rings.